The maximum absolute atomic E-state index is 13.8. The number of amides is 3. The third kappa shape index (κ3) is 31.8. The molecule has 1 aliphatic rings. The van der Waals surface area contributed by atoms with Crippen LogP contribution in [0.2, 0.25) is 5.02 Å². The largest absolute Gasteiger partial charge is 0.480 e. The Labute approximate surface area is 859 Å². The zero-order valence-corrected chi connectivity index (χ0v) is 82.0. The minimum absolute atomic E-state index is 0.000261. The number of nitrogens with two attached hydrogens (primary N) is 3. The molecule has 9 aromatic carbocycles. The van der Waals surface area contributed by atoms with Crippen LogP contribution in [0, 0.1) is 34.6 Å². The van der Waals surface area contributed by atoms with Crippen molar-refractivity contribution < 1.29 is 99.4 Å². The summed E-state index contributed by atoms with van der Waals surface area (Å²) < 4.78 is 81.0. The second-order valence-corrected chi connectivity index (χ2v) is 33.4. The Morgan fingerprint density at radius 1 is 0.400 bits per heavy atom. The Kier molecular flexibility index (Phi) is 37.4. The smallest absolute Gasteiger partial charge is 0.354 e. The number of carbonyl (C=O) groups excluding carboxylic acids is 8. The number of aliphatic carboxylic acids is 1. The summed E-state index contributed by atoms with van der Waals surface area (Å²) in [5, 5.41) is 42.2. The Morgan fingerprint density at radius 3 is 1.05 bits per heavy atom. The minimum Gasteiger partial charge on any atom is -0.480 e. The highest BCUT2D eigenvalue weighted by atomic mass is 35.5. The number of hydrogen-bond acceptors (Lipinski definition) is 33. The van der Waals surface area contributed by atoms with E-state index in [-0.39, 0.29) is 121 Å². The maximum Gasteiger partial charge on any atom is 0.354 e. The van der Waals surface area contributed by atoms with E-state index < -0.39 is 65.7 Å². The van der Waals surface area contributed by atoms with Crippen LogP contribution in [0.5, 0.6) is 57.6 Å². The molecule has 3 amide bonds. The molecule has 150 heavy (non-hydrogen) atoms. The second-order valence-electron chi connectivity index (χ2n) is 33.0. The lowest BCUT2D eigenvalue weighted by Crippen LogP contribution is -2.55. The molecule has 1 unspecified atom stereocenters. The number of nitrogens with zero attached hydrogens (tertiary/aromatic N) is 13. The molecule has 5 atom stereocenters. The first-order valence-electron chi connectivity index (χ1n) is 45.5. The lowest BCUT2D eigenvalue weighted by Gasteiger charge is -2.35. The van der Waals surface area contributed by atoms with Crippen LogP contribution < -0.4 is 72.4 Å². The Hall–Kier alpha value is -19.3. The summed E-state index contributed by atoms with van der Waals surface area (Å²) in [4.78, 5) is 165. The molecule has 0 radical (unpaired) electrons. The molecule has 0 bridgehead atoms. The standard InChI is InChI=1S/C23H22FN5O3.C21H18ClFN4O3.2C21H18FN3O4.C21H18N6O3/c1-14(30)20-13-26-10-11-29(20)21-12-19(22(25)31)27-23(28-21)15-2-6-17(7-3-15)32-18-8-4-16(24)5-9-18;1-11(12(2)28)25-19-10-17(20(24)29)26-21(27-19)13-3-6-15(7-4-13)30-18-9-14(22)5-8-16(18)23;1-12(21(27)28)23-19-11-18(13(2)26)24-20(25-19)14-3-7-16(8-4-14)29-17-9-5-15(22)6-10-17;1-12(13(2)26)23-19-11-18(21(27)28)24-20(25-19)14-3-7-16(8-4-14)29-17-9-5-15(22)6-10-17;1-12(13(2)28)25-18-9-17(20(23)29)26-21(27-18)15-4-6-16(7-5-15)30-19-8-3-14(10-22)11-24-19/h2-9,12,20,26H,10-11,13H2,1H3,(H2,25,31);3-11H,1-2H3,(H2,24,29)(H,25,26,27);2*3-12H,1-2H3,(H,27,28)(H,23,24,25);3-9,11-12H,1-2H3,(H2,23,29)(H,25,26,27)/t;11-;3*12-/m.0000/s1. The minimum atomic E-state index is -1.21. The number of aromatic carboxylic acids is 1. The number of anilines is 5. The number of ketones is 5. The number of piperazine rings is 1. The van der Waals surface area contributed by atoms with Crippen LogP contribution in [0.25, 0.3) is 56.9 Å². The van der Waals surface area contributed by atoms with Crippen molar-refractivity contribution in [3.63, 3.8) is 0 Å². The van der Waals surface area contributed by atoms with E-state index in [0.717, 1.165) is 0 Å². The van der Waals surface area contributed by atoms with Gasteiger partial charge in [0.25, 0.3) is 17.7 Å². The zero-order valence-electron chi connectivity index (χ0n) is 81.3. The number of ether oxygens (including phenoxy) is 5. The SMILES string of the molecule is CC(=O)C1CNCCN1c1cc(C(N)=O)nc(-c2ccc(Oc3ccc(F)cc3)cc2)n1.CC(=O)[C@H](C)Nc1cc(C(=O)O)nc(-c2ccc(Oc3ccc(F)cc3)cc2)n1.CC(=O)[C@H](C)Nc1cc(C(N)=O)nc(-c2ccc(Oc3cc(Cl)ccc3F)cc2)n1.CC(=O)[C@H](C)Nc1cc(C(N)=O)nc(-c2ccc(Oc3ccc(C#N)cn3)cc2)n1.CC(=O)c1cc(N[C@@H](C)C(=O)O)nc(-c2ccc(Oc3ccc(F)cc3)cc2)n1. The van der Waals surface area contributed by atoms with Crippen LogP contribution in [0.3, 0.4) is 0 Å². The van der Waals surface area contributed by atoms with E-state index in [2.05, 4.69) is 81.4 Å². The van der Waals surface area contributed by atoms with Crippen molar-refractivity contribution in [1.29, 1.82) is 5.26 Å². The number of hydrogen-bond donors (Lipinski definition) is 10. The summed E-state index contributed by atoms with van der Waals surface area (Å²) >= 11 is 5.87. The van der Waals surface area contributed by atoms with Gasteiger partial charge in [0.05, 0.1) is 23.7 Å². The van der Waals surface area contributed by atoms with Gasteiger partial charge in [-0.2, -0.15) is 5.26 Å². The van der Waals surface area contributed by atoms with E-state index in [1.54, 1.807) is 154 Å². The topological polar surface area (TPSA) is 564 Å². The van der Waals surface area contributed by atoms with Crippen LogP contribution in [0.4, 0.5) is 46.7 Å². The third-order valence-electron chi connectivity index (χ3n) is 21.5. The van der Waals surface area contributed by atoms with E-state index in [1.807, 2.05) is 11.0 Å². The number of halogens is 5. The molecule has 0 aliphatic carbocycles. The lowest BCUT2D eigenvalue weighted by atomic mass is 10.1. The fourth-order valence-electron chi connectivity index (χ4n) is 13.2. The van der Waals surface area contributed by atoms with Crippen molar-refractivity contribution in [3.05, 3.63) is 323 Å². The van der Waals surface area contributed by atoms with Crippen LogP contribution >= 0.6 is 11.6 Å². The highest BCUT2D eigenvalue weighted by Crippen LogP contribution is 2.35. The van der Waals surface area contributed by atoms with Gasteiger partial charge < -0.3 is 82.6 Å². The summed E-state index contributed by atoms with van der Waals surface area (Å²) in [7, 11) is 0. The molecule has 15 aromatic rings. The first kappa shape index (κ1) is 109. The van der Waals surface area contributed by atoms with Crippen molar-refractivity contribution in [1.82, 2.24) is 60.1 Å². The van der Waals surface area contributed by atoms with Gasteiger partial charge in [-0.05, 0) is 268 Å². The van der Waals surface area contributed by atoms with E-state index in [0.29, 0.717) is 127 Å². The Balaban J connectivity index is 0.000000166. The number of nitrogens with one attached hydrogen (secondary N) is 5. The van der Waals surface area contributed by atoms with E-state index >= 15 is 0 Å². The van der Waals surface area contributed by atoms with Gasteiger partial charge in [-0.25, -0.2) is 77.2 Å². The van der Waals surface area contributed by atoms with Crippen LogP contribution in [-0.2, 0) is 24.0 Å². The second kappa shape index (κ2) is 51.3. The van der Waals surface area contributed by atoms with Gasteiger partial charge in [0, 0.05) is 108 Å². The number of carboxylic acids is 2. The zero-order chi connectivity index (χ0) is 108. The quantitative estimate of drug-likeness (QED) is 0.0132. The van der Waals surface area contributed by atoms with Gasteiger partial charge in [-0.15, -0.1) is 0 Å². The molecule has 38 nitrogen and oxygen atoms in total. The maximum atomic E-state index is 13.8. The van der Waals surface area contributed by atoms with Crippen molar-refractivity contribution in [2.45, 2.75) is 92.5 Å². The van der Waals surface area contributed by atoms with E-state index in [1.165, 1.54) is 169 Å². The van der Waals surface area contributed by atoms with E-state index in [9.17, 15) is 70.6 Å². The number of primary amides is 3. The first-order valence-corrected chi connectivity index (χ1v) is 45.9. The Bertz CT molecular complexity index is 7320. The molecule has 16 rings (SSSR count). The van der Waals surface area contributed by atoms with E-state index in [4.69, 9.17) is 62.9 Å². The molecule has 0 spiro atoms. The summed E-state index contributed by atoms with van der Waals surface area (Å²) in [5.74, 6) is 0.612. The molecule has 7 heterocycles. The number of aromatic nitrogens is 11. The molecule has 43 heteroatoms. The first-order chi connectivity index (χ1) is 71.6. The third-order valence-corrected chi connectivity index (χ3v) is 21.8. The highest BCUT2D eigenvalue weighted by Gasteiger charge is 2.30. The average molecular weight is 2060 g/mol. The normalized spacial score (nSPS) is 12.4. The number of carboxylic acid groups (broad SMARTS) is 2. The van der Waals surface area contributed by atoms with Gasteiger partial charge in [-0.3, -0.25) is 43.2 Å². The average Bonchev–Trinajstić information content (AvgIpc) is 0.796. The summed E-state index contributed by atoms with van der Waals surface area (Å²) in [6.07, 6.45) is 1.42. The van der Waals surface area contributed by atoms with Gasteiger partial charge >= 0.3 is 11.9 Å². The van der Waals surface area contributed by atoms with Gasteiger partial charge in [0.2, 0.25) is 5.88 Å². The molecule has 1 saturated heterocycles. The van der Waals surface area contributed by atoms with Gasteiger partial charge in [-0.1, -0.05) is 11.6 Å². The fourth-order valence-corrected chi connectivity index (χ4v) is 13.3. The van der Waals surface area contributed by atoms with Crippen LogP contribution in [0.1, 0.15) is 120 Å². The lowest BCUT2D eigenvalue weighted by molar-refractivity contribution is -0.137. The summed E-state index contributed by atoms with van der Waals surface area (Å²) in [6, 6.07) is 64.1. The number of rotatable bonds is 34. The molecule has 764 valence electrons. The molecule has 1 aliphatic heterocycles. The van der Waals surface area contributed by atoms with Crippen molar-refractivity contribution in [3.8, 4) is 121 Å². The predicted molar refractivity (Wildman–Crippen MR) is 546 cm³/mol. The molecular weight excluding hydrogens is 1960 g/mol. The number of pyridine rings is 1. The Morgan fingerprint density at radius 2 is 0.720 bits per heavy atom. The van der Waals surface area contributed by atoms with Crippen LogP contribution in [-0.4, -0.2) is 173 Å². The van der Waals surface area contributed by atoms with Gasteiger partial charge in [0.15, 0.2) is 75.3 Å². The predicted octanol–water partition coefficient (Wildman–Crippen LogP) is 17.8. The van der Waals surface area contributed by atoms with Crippen LogP contribution in [0.15, 0.2) is 261 Å². The number of carbonyl (C=O) groups is 10. The fraction of sp³-hybridized carbons (Fsp3) is 0.159. The number of benzene rings is 9. The molecule has 1 fully saturated rings. The number of Topliss-reactive ketones (excluding diaryl/α,β-unsaturated/α-hetero) is 5. The molecule has 6 aromatic heterocycles. The monoisotopic (exact) mass is 2060 g/mol. The van der Waals surface area contributed by atoms with Gasteiger partial charge in [0.1, 0.15) is 133 Å². The van der Waals surface area contributed by atoms with Crippen molar-refractivity contribution in [2.24, 2.45) is 17.2 Å². The molecule has 13 N–H and O–H groups in total. The highest BCUT2D eigenvalue weighted by molar-refractivity contribution is 6.30. The van der Waals surface area contributed by atoms with Crippen molar-refractivity contribution >= 4 is 99.3 Å². The summed E-state index contributed by atoms with van der Waals surface area (Å²) in [5.41, 5.74) is 19.8. The van der Waals surface area contributed by atoms with Crippen molar-refractivity contribution in [2.75, 3.05) is 45.8 Å². The molecular formula is C107H94ClF4N21O17. The number of nitriles is 1. The molecule has 0 saturated carbocycles. The summed E-state index contributed by atoms with van der Waals surface area (Å²) in [6.45, 7) is 15.5.